The molecule has 156 valence electrons. The highest BCUT2D eigenvalue weighted by Gasteiger charge is 2.32. The lowest BCUT2D eigenvalue weighted by Gasteiger charge is -2.12. The third-order valence-corrected chi connectivity index (χ3v) is 4.91. The van der Waals surface area contributed by atoms with Gasteiger partial charge < -0.3 is 14.2 Å². The van der Waals surface area contributed by atoms with E-state index in [4.69, 9.17) is 14.2 Å². The van der Waals surface area contributed by atoms with E-state index < -0.39 is 11.9 Å². The lowest BCUT2D eigenvalue weighted by molar-refractivity contribution is 0.0549. The molecule has 0 bridgehead atoms. The third kappa shape index (κ3) is 4.23. The van der Waals surface area contributed by atoms with Crippen LogP contribution in [-0.2, 0) is 9.47 Å². The summed E-state index contributed by atoms with van der Waals surface area (Å²) in [6.07, 6.45) is -0.0355. The van der Waals surface area contributed by atoms with Gasteiger partial charge in [-0.1, -0.05) is 34.1 Å². The molecule has 0 saturated carbocycles. The molecule has 0 atom stereocenters. The van der Waals surface area contributed by atoms with Crippen molar-refractivity contribution >= 4 is 27.9 Å². The average molecular weight is 473 g/mol. The number of carbonyl (C=O) groups excluding carboxylic acids is 2. The number of benzene rings is 2. The van der Waals surface area contributed by atoms with Crippen LogP contribution in [0.4, 0.5) is 0 Å². The number of carbonyl (C=O) groups is 2. The molecule has 0 saturated heterocycles. The molecule has 1 aromatic heterocycles. The Morgan fingerprint density at radius 2 is 1.67 bits per heavy atom. The van der Waals surface area contributed by atoms with Crippen LogP contribution in [0.5, 0.6) is 5.75 Å². The van der Waals surface area contributed by atoms with Crippen molar-refractivity contribution in [2.24, 2.45) is 0 Å². The van der Waals surface area contributed by atoms with Crippen LogP contribution in [0.2, 0.25) is 0 Å². The number of methoxy groups -OCH3 is 2. The first kappa shape index (κ1) is 21.6. The molecule has 8 heteroatoms. The van der Waals surface area contributed by atoms with E-state index in [1.54, 1.807) is 30.3 Å². The average Bonchev–Trinajstić information content (AvgIpc) is 3.14. The van der Waals surface area contributed by atoms with Crippen LogP contribution in [0.15, 0.2) is 53.0 Å². The highest BCUT2D eigenvalue weighted by atomic mass is 79.9. The number of rotatable bonds is 6. The van der Waals surface area contributed by atoms with Gasteiger partial charge in [0.1, 0.15) is 17.0 Å². The maximum absolute atomic E-state index is 12.7. The highest BCUT2D eigenvalue weighted by molar-refractivity contribution is 9.10. The molecule has 0 aliphatic rings. The summed E-state index contributed by atoms with van der Waals surface area (Å²) in [5, 5.41) is 4.60. The van der Waals surface area contributed by atoms with E-state index in [0.717, 1.165) is 0 Å². The molecule has 30 heavy (non-hydrogen) atoms. The predicted molar refractivity (Wildman–Crippen MR) is 115 cm³/mol. The second-order valence-corrected chi connectivity index (χ2v) is 7.47. The minimum atomic E-state index is -0.705. The molecule has 0 amide bonds. The maximum atomic E-state index is 12.7. The lowest BCUT2D eigenvalue weighted by Crippen LogP contribution is -2.15. The van der Waals surface area contributed by atoms with Crippen molar-refractivity contribution in [1.82, 2.24) is 9.78 Å². The fraction of sp³-hybridized carbons (Fsp3) is 0.227. The van der Waals surface area contributed by atoms with Crippen molar-refractivity contribution < 1.29 is 23.8 Å². The summed E-state index contributed by atoms with van der Waals surface area (Å²) in [5.74, 6) is -0.800. The van der Waals surface area contributed by atoms with Gasteiger partial charge in [-0.05, 0) is 44.2 Å². The van der Waals surface area contributed by atoms with Crippen LogP contribution in [-0.4, -0.2) is 42.0 Å². The first-order valence-electron chi connectivity index (χ1n) is 9.19. The third-order valence-electron chi connectivity index (χ3n) is 4.22. The monoisotopic (exact) mass is 472 g/mol. The normalized spacial score (nSPS) is 10.7. The summed E-state index contributed by atoms with van der Waals surface area (Å²) in [4.78, 5) is 25.4. The van der Waals surface area contributed by atoms with Gasteiger partial charge >= 0.3 is 11.9 Å². The van der Waals surface area contributed by atoms with Crippen LogP contribution in [0.25, 0.3) is 16.9 Å². The van der Waals surface area contributed by atoms with E-state index in [2.05, 4.69) is 21.0 Å². The zero-order chi connectivity index (χ0) is 21.8. The van der Waals surface area contributed by atoms with Gasteiger partial charge in [0.05, 0.1) is 26.0 Å². The van der Waals surface area contributed by atoms with E-state index >= 15 is 0 Å². The molecular weight excluding hydrogens is 452 g/mol. The number of hydrogen-bond donors (Lipinski definition) is 0. The summed E-state index contributed by atoms with van der Waals surface area (Å²) in [6, 6.07) is 14.4. The van der Waals surface area contributed by atoms with Gasteiger partial charge in [0, 0.05) is 10.0 Å². The minimum Gasteiger partial charge on any atom is -0.491 e. The van der Waals surface area contributed by atoms with E-state index in [1.165, 1.54) is 18.9 Å². The van der Waals surface area contributed by atoms with E-state index in [1.807, 2.05) is 32.0 Å². The van der Waals surface area contributed by atoms with Crippen LogP contribution in [0.3, 0.4) is 0 Å². The van der Waals surface area contributed by atoms with Crippen molar-refractivity contribution in [3.63, 3.8) is 0 Å². The van der Waals surface area contributed by atoms with E-state index in [-0.39, 0.29) is 23.1 Å². The number of esters is 2. The van der Waals surface area contributed by atoms with Crippen molar-refractivity contribution in [2.45, 2.75) is 20.0 Å². The Hall–Kier alpha value is -3.13. The van der Waals surface area contributed by atoms with Gasteiger partial charge in [-0.15, -0.1) is 0 Å². The van der Waals surface area contributed by atoms with Crippen LogP contribution >= 0.6 is 15.9 Å². The summed E-state index contributed by atoms with van der Waals surface area (Å²) in [6.45, 7) is 3.84. The zero-order valence-corrected chi connectivity index (χ0v) is 18.6. The molecule has 3 aromatic rings. The second kappa shape index (κ2) is 9.13. The molecule has 0 N–H and O–H groups in total. The van der Waals surface area contributed by atoms with Crippen LogP contribution < -0.4 is 4.74 Å². The fourth-order valence-corrected chi connectivity index (χ4v) is 3.41. The Bertz CT molecular complexity index is 1080. The van der Waals surface area contributed by atoms with E-state index in [0.29, 0.717) is 21.5 Å². The number of ether oxygens (including phenoxy) is 3. The molecule has 3 rings (SSSR count). The highest BCUT2D eigenvalue weighted by Crippen LogP contribution is 2.36. The SMILES string of the molecule is COC(=O)c1c(-c2cc(OC(C)C)ccc2Br)nn(-c2ccccc2)c1C(=O)OC. The van der Waals surface area contributed by atoms with Crippen LogP contribution in [0, 0.1) is 0 Å². The molecule has 0 unspecified atom stereocenters. The first-order chi connectivity index (χ1) is 14.4. The molecule has 0 aliphatic heterocycles. The molecule has 0 aliphatic carbocycles. The second-order valence-electron chi connectivity index (χ2n) is 6.61. The van der Waals surface area contributed by atoms with Gasteiger partial charge in [-0.2, -0.15) is 5.10 Å². The molecule has 0 radical (unpaired) electrons. The Labute approximate surface area is 182 Å². The molecular formula is C22H21BrN2O5. The number of halogens is 1. The standard InChI is InChI=1S/C22H21BrN2O5/c1-13(2)30-15-10-11-17(23)16(12-15)19-18(21(26)28-3)20(22(27)29-4)25(24-19)14-8-6-5-7-9-14/h5-13H,1-4H3. The van der Waals surface area contributed by atoms with Crippen molar-refractivity contribution in [3.05, 3.63) is 64.3 Å². The van der Waals surface area contributed by atoms with E-state index in [9.17, 15) is 9.59 Å². The quantitative estimate of drug-likeness (QED) is 0.485. The van der Waals surface area contributed by atoms with Gasteiger partial charge in [-0.25, -0.2) is 14.3 Å². The summed E-state index contributed by atoms with van der Waals surface area (Å²) in [7, 11) is 2.50. The molecule has 0 fully saturated rings. The maximum Gasteiger partial charge on any atom is 0.357 e. The molecule has 0 spiro atoms. The van der Waals surface area contributed by atoms with Gasteiger partial charge in [0.15, 0.2) is 5.69 Å². The zero-order valence-electron chi connectivity index (χ0n) is 17.0. The van der Waals surface area contributed by atoms with Crippen molar-refractivity contribution in [3.8, 4) is 22.7 Å². The summed E-state index contributed by atoms with van der Waals surface area (Å²) < 4.78 is 17.8. The van der Waals surface area contributed by atoms with Crippen LogP contribution in [0.1, 0.15) is 34.7 Å². The number of para-hydroxylation sites is 1. The minimum absolute atomic E-state index is 0.00981. The summed E-state index contributed by atoms with van der Waals surface area (Å²) >= 11 is 3.51. The van der Waals surface area contributed by atoms with Gasteiger partial charge in [0.2, 0.25) is 0 Å². The van der Waals surface area contributed by atoms with Gasteiger partial charge in [-0.3, -0.25) is 0 Å². The predicted octanol–water partition coefficient (Wildman–Crippen LogP) is 4.66. The number of hydrogen-bond acceptors (Lipinski definition) is 6. The Morgan fingerprint density at radius 1 is 1.00 bits per heavy atom. The summed E-state index contributed by atoms with van der Waals surface area (Å²) in [5.41, 5.74) is 1.43. The lowest BCUT2D eigenvalue weighted by atomic mass is 10.1. The Morgan fingerprint density at radius 3 is 2.27 bits per heavy atom. The Balaban J connectivity index is 2.34. The fourth-order valence-electron chi connectivity index (χ4n) is 2.97. The number of aromatic nitrogens is 2. The number of nitrogens with zero attached hydrogens (tertiary/aromatic N) is 2. The molecule has 1 heterocycles. The largest absolute Gasteiger partial charge is 0.491 e. The smallest absolute Gasteiger partial charge is 0.357 e. The topological polar surface area (TPSA) is 79.7 Å². The van der Waals surface area contributed by atoms with Crippen molar-refractivity contribution in [1.29, 1.82) is 0 Å². The van der Waals surface area contributed by atoms with Gasteiger partial charge in [0.25, 0.3) is 0 Å². The van der Waals surface area contributed by atoms with Crippen molar-refractivity contribution in [2.75, 3.05) is 14.2 Å². The Kier molecular flexibility index (Phi) is 6.56. The molecule has 7 nitrogen and oxygen atoms in total. The molecule has 2 aromatic carbocycles. The first-order valence-corrected chi connectivity index (χ1v) is 9.98.